The Morgan fingerprint density at radius 3 is 2.48 bits per heavy atom. The number of ether oxygens (including phenoxy) is 1. The monoisotopic (exact) mass is 331 g/mol. The van der Waals surface area contributed by atoms with E-state index in [4.69, 9.17) is 33.0 Å². The molecule has 7 heteroatoms. The number of amides is 1. The van der Waals surface area contributed by atoms with Crippen LogP contribution < -0.4 is 4.74 Å². The minimum Gasteiger partial charge on any atom is -0.481 e. The summed E-state index contributed by atoms with van der Waals surface area (Å²) in [7, 11) is 0. The van der Waals surface area contributed by atoms with E-state index < -0.39 is 18.0 Å². The minimum atomic E-state index is -0.875. The summed E-state index contributed by atoms with van der Waals surface area (Å²) >= 11 is 11.7. The first kappa shape index (κ1) is 15.9. The SMILES string of the molecule is CC(Oc1cc(Cl)cc(Cl)c1)C(=O)N1CCC(C(=O)O)C1. The zero-order chi connectivity index (χ0) is 15.6. The molecule has 0 saturated carbocycles. The number of carbonyl (C=O) groups excluding carboxylic acids is 1. The Balaban J connectivity index is 1.98. The molecule has 2 unspecified atom stereocenters. The Labute approximate surface area is 132 Å². The van der Waals surface area contributed by atoms with Gasteiger partial charge in [-0.25, -0.2) is 0 Å². The third-order valence-electron chi connectivity index (χ3n) is 3.35. The van der Waals surface area contributed by atoms with Crippen LogP contribution in [0.15, 0.2) is 18.2 Å². The van der Waals surface area contributed by atoms with Gasteiger partial charge < -0.3 is 14.7 Å². The number of carboxylic acid groups (broad SMARTS) is 1. The number of carboxylic acids is 1. The molecule has 1 amide bonds. The fraction of sp³-hybridized carbons (Fsp3) is 0.429. The molecule has 21 heavy (non-hydrogen) atoms. The van der Waals surface area contributed by atoms with Crippen LogP contribution in [-0.4, -0.2) is 41.1 Å². The standard InChI is InChI=1S/C14H15Cl2NO4/c1-8(21-12-5-10(15)4-11(16)6-12)13(18)17-3-2-9(7-17)14(19)20/h4-6,8-9H,2-3,7H2,1H3,(H,19,20). The van der Waals surface area contributed by atoms with Crippen LogP contribution in [0.3, 0.4) is 0 Å². The molecular formula is C14H15Cl2NO4. The molecule has 1 aromatic rings. The predicted octanol–water partition coefficient (Wildman–Crippen LogP) is 2.69. The molecule has 2 atom stereocenters. The number of halogens is 2. The number of nitrogens with zero attached hydrogens (tertiary/aromatic N) is 1. The van der Waals surface area contributed by atoms with E-state index in [-0.39, 0.29) is 12.5 Å². The molecule has 5 nitrogen and oxygen atoms in total. The molecule has 0 radical (unpaired) electrons. The molecule has 1 heterocycles. The van der Waals surface area contributed by atoms with Crippen LogP contribution in [0.2, 0.25) is 10.0 Å². The van der Waals surface area contributed by atoms with E-state index in [1.54, 1.807) is 25.1 Å². The number of carbonyl (C=O) groups is 2. The molecule has 1 saturated heterocycles. The number of hydrogen-bond acceptors (Lipinski definition) is 3. The lowest BCUT2D eigenvalue weighted by Crippen LogP contribution is -2.39. The van der Waals surface area contributed by atoms with Crippen LogP contribution in [0.4, 0.5) is 0 Å². The molecule has 1 aliphatic heterocycles. The lowest BCUT2D eigenvalue weighted by molar-refractivity contribution is -0.142. The molecular weight excluding hydrogens is 317 g/mol. The minimum absolute atomic E-state index is 0.220. The Morgan fingerprint density at radius 1 is 1.33 bits per heavy atom. The quantitative estimate of drug-likeness (QED) is 0.921. The second-order valence-electron chi connectivity index (χ2n) is 4.97. The summed E-state index contributed by atoms with van der Waals surface area (Å²) in [6.07, 6.45) is -0.261. The van der Waals surface area contributed by atoms with Crippen LogP contribution in [0.5, 0.6) is 5.75 Å². The van der Waals surface area contributed by atoms with E-state index in [2.05, 4.69) is 0 Å². The summed E-state index contributed by atoms with van der Waals surface area (Å²) in [6.45, 7) is 2.27. The summed E-state index contributed by atoms with van der Waals surface area (Å²) in [5.74, 6) is -1.21. The maximum absolute atomic E-state index is 12.2. The molecule has 114 valence electrons. The van der Waals surface area contributed by atoms with Crippen molar-refractivity contribution in [3.8, 4) is 5.75 Å². The van der Waals surface area contributed by atoms with Gasteiger partial charge in [-0.15, -0.1) is 0 Å². The number of benzene rings is 1. The highest BCUT2D eigenvalue weighted by atomic mass is 35.5. The lowest BCUT2D eigenvalue weighted by atomic mass is 10.1. The van der Waals surface area contributed by atoms with Gasteiger partial charge in [0, 0.05) is 23.1 Å². The van der Waals surface area contributed by atoms with Crippen molar-refractivity contribution >= 4 is 35.1 Å². The molecule has 0 aromatic heterocycles. The highest BCUT2D eigenvalue weighted by Gasteiger charge is 2.33. The van der Waals surface area contributed by atoms with Crippen molar-refractivity contribution in [1.82, 2.24) is 4.90 Å². The first-order valence-electron chi connectivity index (χ1n) is 6.51. The van der Waals surface area contributed by atoms with Gasteiger partial charge in [0.2, 0.25) is 0 Å². The third-order valence-corrected chi connectivity index (χ3v) is 3.78. The van der Waals surface area contributed by atoms with Gasteiger partial charge in [-0.1, -0.05) is 23.2 Å². The number of hydrogen-bond donors (Lipinski definition) is 1. The number of aliphatic carboxylic acids is 1. The second kappa shape index (κ2) is 6.54. The zero-order valence-corrected chi connectivity index (χ0v) is 12.9. The fourth-order valence-corrected chi connectivity index (χ4v) is 2.78. The first-order valence-corrected chi connectivity index (χ1v) is 7.26. The van der Waals surface area contributed by atoms with Crippen LogP contribution in [0.25, 0.3) is 0 Å². The molecule has 1 aromatic carbocycles. The maximum Gasteiger partial charge on any atom is 0.308 e. The Kier molecular flexibility index (Phi) is 4.96. The van der Waals surface area contributed by atoms with Crippen LogP contribution in [-0.2, 0) is 9.59 Å². The second-order valence-corrected chi connectivity index (χ2v) is 5.85. The summed E-state index contributed by atoms with van der Waals surface area (Å²) < 4.78 is 5.54. The maximum atomic E-state index is 12.2. The largest absolute Gasteiger partial charge is 0.481 e. The first-order chi connectivity index (χ1) is 9.86. The van der Waals surface area contributed by atoms with E-state index in [1.807, 2.05) is 0 Å². The third kappa shape index (κ3) is 4.02. The topological polar surface area (TPSA) is 66.8 Å². The van der Waals surface area contributed by atoms with Crippen LogP contribution in [0, 0.1) is 5.92 Å². The van der Waals surface area contributed by atoms with Gasteiger partial charge >= 0.3 is 5.97 Å². The van der Waals surface area contributed by atoms with Gasteiger partial charge in [0.05, 0.1) is 5.92 Å². The fourth-order valence-electron chi connectivity index (χ4n) is 2.27. The van der Waals surface area contributed by atoms with Crippen molar-refractivity contribution in [3.05, 3.63) is 28.2 Å². The Bertz CT molecular complexity index is 544. The van der Waals surface area contributed by atoms with Gasteiger partial charge in [0.1, 0.15) is 5.75 Å². The molecule has 0 spiro atoms. The zero-order valence-electron chi connectivity index (χ0n) is 11.4. The molecule has 1 aliphatic rings. The van der Waals surface area contributed by atoms with E-state index in [9.17, 15) is 9.59 Å². The number of rotatable bonds is 4. The van der Waals surface area contributed by atoms with Crippen LogP contribution in [0.1, 0.15) is 13.3 Å². The summed E-state index contributed by atoms with van der Waals surface area (Å²) in [5.41, 5.74) is 0. The highest BCUT2D eigenvalue weighted by Crippen LogP contribution is 2.25. The molecule has 2 rings (SSSR count). The van der Waals surface area contributed by atoms with Gasteiger partial charge in [-0.05, 0) is 31.5 Å². The van der Waals surface area contributed by atoms with Gasteiger partial charge in [0.25, 0.3) is 5.91 Å². The Hall–Kier alpha value is -1.46. The van der Waals surface area contributed by atoms with Crippen molar-refractivity contribution in [2.45, 2.75) is 19.4 Å². The van der Waals surface area contributed by atoms with Crippen LogP contribution >= 0.6 is 23.2 Å². The summed E-state index contributed by atoms with van der Waals surface area (Å²) in [6, 6.07) is 4.71. The van der Waals surface area contributed by atoms with E-state index in [0.29, 0.717) is 28.8 Å². The van der Waals surface area contributed by atoms with Crippen molar-refractivity contribution < 1.29 is 19.4 Å². The lowest BCUT2D eigenvalue weighted by Gasteiger charge is -2.21. The van der Waals surface area contributed by atoms with E-state index >= 15 is 0 Å². The van der Waals surface area contributed by atoms with Crippen molar-refractivity contribution in [2.24, 2.45) is 5.92 Å². The van der Waals surface area contributed by atoms with E-state index in [1.165, 1.54) is 4.90 Å². The predicted molar refractivity (Wildman–Crippen MR) is 78.9 cm³/mol. The summed E-state index contributed by atoms with van der Waals surface area (Å²) in [4.78, 5) is 24.6. The van der Waals surface area contributed by atoms with Crippen molar-refractivity contribution in [1.29, 1.82) is 0 Å². The molecule has 0 bridgehead atoms. The van der Waals surface area contributed by atoms with Gasteiger partial charge in [0.15, 0.2) is 6.10 Å². The number of likely N-dealkylation sites (tertiary alicyclic amines) is 1. The van der Waals surface area contributed by atoms with Gasteiger partial charge in [-0.2, -0.15) is 0 Å². The smallest absolute Gasteiger partial charge is 0.308 e. The highest BCUT2D eigenvalue weighted by molar-refractivity contribution is 6.34. The Morgan fingerprint density at radius 2 is 1.95 bits per heavy atom. The average Bonchev–Trinajstić information content (AvgIpc) is 2.86. The van der Waals surface area contributed by atoms with Crippen molar-refractivity contribution in [3.63, 3.8) is 0 Å². The normalized spacial score (nSPS) is 19.4. The summed E-state index contributed by atoms with van der Waals surface area (Å²) in [5, 5.41) is 9.79. The van der Waals surface area contributed by atoms with Gasteiger partial charge in [-0.3, -0.25) is 9.59 Å². The van der Waals surface area contributed by atoms with Crippen molar-refractivity contribution in [2.75, 3.05) is 13.1 Å². The molecule has 1 fully saturated rings. The molecule has 1 N–H and O–H groups in total. The van der Waals surface area contributed by atoms with E-state index in [0.717, 1.165) is 0 Å². The average molecular weight is 332 g/mol. The molecule has 0 aliphatic carbocycles.